The summed E-state index contributed by atoms with van der Waals surface area (Å²) in [5.41, 5.74) is 6.17. The van der Waals surface area contributed by atoms with Gasteiger partial charge < -0.3 is 5.73 Å². The number of primary amides is 1. The largest absolute Gasteiger partial charge is 0.368 e. The molecule has 0 saturated heterocycles. The van der Waals surface area contributed by atoms with E-state index in [0.29, 0.717) is 16.6 Å². The number of hydrogen-bond acceptors (Lipinski definition) is 2. The van der Waals surface area contributed by atoms with Crippen LogP contribution >= 0.6 is 23.2 Å². The lowest BCUT2D eigenvalue weighted by atomic mass is 10.2. The molecule has 0 fully saturated rings. The van der Waals surface area contributed by atoms with Crippen molar-refractivity contribution in [2.75, 3.05) is 7.05 Å². The first-order valence-electron chi connectivity index (χ1n) is 4.84. The van der Waals surface area contributed by atoms with E-state index in [1.54, 1.807) is 13.0 Å². The van der Waals surface area contributed by atoms with Gasteiger partial charge in [0.25, 0.3) is 0 Å². The molecule has 0 aliphatic carbocycles. The van der Waals surface area contributed by atoms with Gasteiger partial charge in [0.15, 0.2) is 0 Å². The molecule has 0 aliphatic heterocycles. The maximum absolute atomic E-state index is 11.0. The van der Waals surface area contributed by atoms with Gasteiger partial charge in [-0.15, -0.1) is 0 Å². The first-order valence-corrected chi connectivity index (χ1v) is 5.60. The van der Waals surface area contributed by atoms with Crippen molar-refractivity contribution in [2.45, 2.75) is 19.5 Å². The molecular formula is C11H14Cl2N2O. The van der Waals surface area contributed by atoms with Gasteiger partial charge in [0.05, 0.1) is 6.04 Å². The Bertz CT molecular complexity index is 375. The topological polar surface area (TPSA) is 46.3 Å². The van der Waals surface area contributed by atoms with Crippen LogP contribution in [0.4, 0.5) is 0 Å². The number of carbonyl (C=O) groups is 1. The van der Waals surface area contributed by atoms with Crippen molar-refractivity contribution in [1.82, 2.24) is 4.90 Å². The fourth-order valence-electron chi connectivity index (χ4n) is 1.34. The van der Waals surface area contributed by atoms with Crippen LogP contribution in [0.3, 0.4) is 0 Å². The van der Waals surface area contributed by atoms with Crippen molar-refractivity contribution in [3.05, 3.63) is 33.8 Å². The second-order valence-electron chi connectivity index (χ2n) is 3.77. The Morgan fingerprint density at radius 1 is 1.38 bits per heavy atom. The van der Waals surface area contributed by atoms with Crippen LogP contribution in [0.5, 0.6) is 0 Å². The third kappa shape index (κ3) is 3.67. The molecule has 3 nitrogen and oxygen atoms in total. The van der Waals surface area contributed by atoms with Crippen LogP contribution in [0.15, 0.2) is 18.2 Å². The van der Waals surface area contributed by atoms with Crippen molar-refractivity contribution in [3.63, 3.8) is 0 Å². The minimum Gasteiger partial charge on any atom is -0.368 e. The molecule has 0 aromatic heterocycles. The minimum absolute atomic E-state index is 0.322. The summed E-state index contributed by atoms with van der Waals surface area (Å²) in [4.78, 5) is 12.8. The summed E-state index contributed by atoms with van der Waals surface area (Å²) in [6.07, 6.45) is 0. The molecule has 16 heavy (non-hydrogen) atoms. The fourth-order valence-corrected chi connectivity index (χ4v) is 1.92. The SMILES string of the molecule is C[C@@H](C(N)=O)N(C)Cc1cc(Cl)cc(Cl)c1. The Hall–Kier alpha value is -0.770. The number of nitrogens with zero attached hydrogens (tertiary/aromatic N) is 1. The van der Waals surface area contributed by atoms with Gasteiger partial charge in [-0.05, 0) is 37.7 Å². The van der Waals surface area contributed by atoms with Gasteiger partial charge in [-0.3, -0.25) is 9.69 Å². The number of benzene rings is 1. The number of carbonyl (C=O) groups excluding carboxylic acids is 1. The summed E-state index contributed by atoms with van der Waals surface area (Å²) in [6, 6.07) is 4.98. The smallest absolute Gasteiger partial charge is 0.234 e. The van der Waals surface area contributed by atoms with E-state index in [1.807, 2.05) is 24.1 Å². The second kappa shape index (κ2) is 5.53. The van der Waals surface area contributed by atoms with Gasteiger partial charge in [-0.25, -0.2) is 0 Å². The summed E-state index contributed by atoms with van der Waals surface area (Å²) in [7, 11) is 1.82. The zero-order valence-corrected chi connectivity index (χ0v) is 10.7. The Balaban J connectivity index is 2.76. The summed E-state index contributed by atoms with van der Waals surface area (Å²) in [6.45, 7) is 2.33. The summed E-state index contributed by atoms with van der Waals surface area (Å²) in [5, 5.41) is 1.17. The van der Waals surface area contributed by atoms with Gasteiger partial charge in [0.1, 0.15) is 0 Å². The Kier molecular flexibility index (Phi) is 4.59. The zero-order valence-electron chi connectivity index (χ0n) is 9.21. The second-order valence-corrected chi connectivity index (χ2v) is 4.64. The molecule has 0 spiro atoms. The summed E-state index contributed by atoms with van der Waals surface area (Å²) in [5.74, 6) is -0.351. The van der Waals surface area contributed by atoms with Crippen molar-refractivity contribution >= 4 is 29.1 Å². The molecule has 0 unspecified atom stereocenters. The van der Waals surface area contributed by atoms with E-state index < -0.39 is 0 Å². The van der Waals surface area contributed by atoms with Crippen LogP contribution in [0.25, 0.3) is 0 Å². The van der Waals surface area contributed by atoms with Crippen molar-refractivity contribution in [2.24, 2.45) is 5.73 Å². The minimum atomic E-state index is -0.351. The van der Waals surface area contributed by atoms with E-state index in [4.69, 9.17) is 28.9 Å². The van der Waals surface area contributed by atoms with Gasteiger partial charge in [-0.1, -0.05) is 23.2 Å². The molecule has 2 N–H and O–H groups in total. The predicted octanol–water partition coefficient (Wildman–Crippen LogP) is 2.30. The van der Waals surface area contributed by atoms with E-state index in [9.17, 15) is 4.79 Å². The Morgan fingerprint density at radius 3 is 2.31 bits per heavy atom. The van der Waals surface area contributed by atoms with E-state index in [1.165, 1.54) is 0 Å². The predicted molar refractivity (Wildman–Crippen MR) is 66.6 cm³/mol. The van der Waals surface area contributed by atoms with E-state index in [-0.39, 0.29) is 11.9 Å². The van der Waals surface area contributed by atoms with Gasteiger partial charge >= 0.3 is 0 Å². The van der Waals surface area contributed by atoms with Crippen LogP contribution in [-0.2, 0) is 11.3 Å². The van der Waals surface area contributed by atoms with Gasteiger partial charge in [-0.2, -0.15) is 0 Å². The van der Waals surface area contributed by atoms with Crippen molar-refractivity contribution in [3.8, 4) is 0 Å². The molecule has 0 aliphatic rings. The van der Waals surface area contributed by atoms with Crippen LogP contribution in [-0.4, -0.2) is 23.9 Å². The molecule has 0 radical (unpaired) electrons. The van der Waals surface area contributed by atoms with Crippen LogP contribution in [0, 0.1) is 0 Å². The highest BCUT2D eigenvalue weighted by Crippen LogP contribution is 2.20. The lowest BCUT2D eigenvalue weighted by molar-refractivity contribution is -0.122. The lowest BCUT2D eigenvalue weighted by Crippen LogP contribution is -2.39. The molecule has 1 rings (SSSR count). The highest BCUT2D eigenvalue weighted by molar-refractivity contribution is 6.34. The van der Waals surface area contributed by atoms with E-state index >= 15 is 0 Å². The maximum Gasteiger partial charge on any atom is 0.234 e. The normalized spacial score (nSPS) is 12.8. The van der Waals surface area contributed by atoms with Crippen LogP contribution in [0.2, 0.25) is 10.0 Å². The Morgan fingerprint density at radius 2 is 1.88 bits per heavy atom. The third-order valence-corrected chi connectivity index (χ3v) is 2.86. The number of amides is 1. The number of nitrogens with two attached hydrogens (primary N) is 1. The van der Waals surface area contributed by atoms with E-state index in [0.717, 1.165) is 5.56 Å². The lowest BCUT2D eigenvalue weighted by Gasteiger charge is -2.22. The molecule has 0 saturated carbocycles. The monoisotopic (exact) mass is 260 g/mol. The average Bonchev–Trinajstić information content (AvgIpc) is 2.14. The molecule has 0 bridgehead atoms. The molecule has 5 heteroatoms. The number of likely N-dealkylation sites (N-methyl/N-ethyl adjacent to an activating group) is 1. The van der Waals surface area contributed by atoms with Crippen LogP contribution < -0.4 is 5.73 Å². The highest BCUT2D eigenvalue weighted by atomic mass is 35.5. The number of halogens is 2. The first-order chi connectivity index (χ1) is 7.40. The number of hydrogen-bond donors (Lipinski definition) is 1. The van der Waals surface area contributed by atoms with Crippen molar-refractivity contribution in [1.29, 1.82) is 0 Å². The molecule has 1 atom stereocenters. The fraction of sp³-hybridized carbons (Fsp3) is 0.364. The first kappa shape index (κ1) is 13.3. The molecule has 0 heterocycles. The third-order valence-electron chi connectivity index (χ3n) is 2.43. The molecule has 88 valence electrons. The zero-order chi connectivity index (χ0) is 12.3. The Labute approximate surface area is 105 Å². The summed E-state index contributed by atoms with van der Waals surface area (Å²) < 4.78 is 0. The standard InChI is InChI=1S/C11H14Cl2N2O/c1-7(11(14)16)15(2)6-8-3-9(12)5-10(13)4-8/h3-5,7H,6H2,1-2H3,(H2,14,16)/t7-/m0/s1. The molecule has 1 amide bonds. The van der Waals surface area contributed by atoms with Gasteiger partial charge in [0, 0.05) is 16.6 Å². The maximum atomic E-state index is 11.0. The number of rotatable bonds is 4. The highest BCUT2D eigenvalue weighted by Gasteiger charge is 2.15. The van der Waals surface area contributed by atoms with E-state index in [2.05, 4.69) is 0 Å². The average molecular weight is 261 g/mol. The summed E-state index contributed by atoms with van der Waals surface area (Å²) >= 11 is 11.8. The molecule has 1 aromatic carbocycles. The molecular weight excluding hydrogens is 247 g/mol. The van der Waals surface area contributed by atoms with Crippen LogP contribution in [0.1, 0.15) is 12.5 Å². The van der Waals surface area contributed by atoms with Gasteiger partial charge in [0.2, 0.25) is 5.91 Å². The quantitative estimate of drug-likeness (QED) is 0.903. The van der Waals surface area contributed by atoms with Crippen molar-refractivity contribution < 1.29 is 4.79 Å². The molecule has 1 aromatic rings.